The van der Waals surface area contributed by atoms with Gasteiger partial charge in [-0.15, -0.1) is 0 Å². The van der Waals surface area contributed by atoms with E-state index in [1.807, 2.05) is 0 Å². The molecule has 104 valence electrons. The fraction of sp³-hybridized carbons (Fsp3) is 0.417. The van der Waals surface area contributed by atoms with Crippen LogP contribution in [0.2, 0.25) is 0 Å². The molecule has 2 rings (SSSR count). The minimum absolute atomic E-state index is 0.00628. The number of rotatable bonds is 4. The summed E-state index contributed by atoms with van der Waals surface area (Å²) in [5, 5.41) is 8.75. The number of ether oxygens (including phenoxy) is 1. The Labute approximate surface area is 110 Å². The minimum Gasteiger partial charge on any atom is -0.479 e. The van der Waals surface area contributed by atoms with Gasteiger partial charge in [-0.25, -0.2) is 13.6 Å². The molecule has 0 aliphatic carbocycles. The molecule has 7 heteroatoms. The largest absolute Gasteiger partial charge is 0.479 e. The van der Waals surface area contributed by atoms with E-state index in [1.165, 1.54) is 0 Å². The zero-order chi connectivity index (χ0) is 14.0. The number of carboxylic acid groups (broad SMARTS) is 1. The summed E-state index contributed by atoms with van der Waals surface area (Å²) in [4.78, 5) is 10.6. The Bertz CT molecular complexity index is 520. The van der Waals surface area contributed by atoms with Gasteiger partial charge in [0.15, 0.2) is 6.10 Å². The maximum atomic E-state index is 13.4. The Hall–Kier alpha value is -1.34. The summed E-state index contributed by atoms with van der Waals surface area (Å²) in [6.45, 7) is 0. The molecule has 4 nitrogen and oxygen atoms in total. The molecule has 1 fully saturated rings. The first-order chi connectivity index (χ1) is 8.97. The van der Waals surface area contributed by atoms with Crippen LogP contribution in [-0.2, 0) is 20.3 Å². The van der Waals surface area contributed by atoms with E-state index in [1.54, 1.807) is 0 Å². The van der Waals surface area contributed by atoms with Crippen molar-refractivity contribution in [3.63, 3.8) is 0 Å². The van der Waals surface area contributed by atoms with Crippen molar-refractivity contribution >= 4 is 16.8 Å². The average Bonchev–Trinajstić information content (AvgIpc) is 2.77. The Balaban J connectivity index is 2.00. The van der Waals surface area contributed by atoms with Gasteiger partial charge in [-0.05, 0) is 25.0 Å². The number of aliphatic carboxylic acids is 1. The molecule has 0 amide bonds. The molecule has 3 atom stereocenters. The monoisotopic (exact) mass is 290 g/mol. The Morgan fingerprint density at radius 3 is 2.74 bits per heavy atom. The van der Waals surface area contributed by atoms with Crippen LogP contribution in [0.4, 0.5) is 8.78 Å². The molecule has 1 aliphatic rings. The SMILES string of the molecule is O=C(O)C1CCC(CS(=O)c2ccc(F)cc2F)O1. The van der Waals surface area contributed by atoms with Gasteiger partial charge in [0.2, 0.25) is 0 Å². The highest BCUT2D eigenvalue weighted by atomic mass is 32.2. The quantitative estimate of drug-likeness (QED) is 0.917. The molecule has 1 aromatic rings. The van der Waals surface area contributed by atoms with E-state index >= 15 is 0 Å². The average molecular weight is 290 g/mol. The molecule has 0 saturated carbocycles. The van der Waals surface area contributed by atoms with Crippen LogP contribution >= 0.6 is 0 Å². The highest BCUT2D eigenvalue weighted by molar-refractivity contribution is 7.85. The number of benzene rings is 1. The van der Waals surface area contributed by atoms with Gasteiger partial charge in [0.1, 0.15) is 11.6 Å². The number of carboxylic acids is 1. The summed E-state index contributed by atoms with van der Waals surface area (Å²) in [6, 6.07) is 2.83. The predicted octanol–water partition coefficient (Wildman–Crippen LogP) is 1.70. The van der Waals surface area contributed by atoms with Crippen molar-refractivity contribution in [2.45, 2.75) is 29.9 Å². The summed E-state index contributed by atoms with van der Waals surface area (Å²) in [7, 11) is -1.68. The van der Waals surface area contributed by atoms with Crippen LogP contribution in [0.1, 0.15) is 12.8 Å². The van der Waals surface area contributed by atoms with Crippen LogP contribution in [0.3, 0.4) is 0 Å². The molecule has 0 radical (unpaired) electrons. The number of hydrogen-bond donors (Lipinski definition) is 1. The van der Waals surface area contributed by atoms with Gasteiger partial charge in [0.25, 0.3) is 0 Å². The molecule has 1 aromatic carbocycles. The van der Waals surface area contributed by atoms with Crippen molar-refractivity contribution in [1.29, 1.82) is 0 Å². The van der Waals surface area contributed by atoms with Gasteiger partial charge < -0.3 is 9.84 Å². The lowest BCUT2D eigenvalue weighted by Gasteiger charge is -2.11. The van der Waals surface area contributed by atoms with Crippen LogP contribution < -0.4 is 0 Å². The zero-order valence-electron chi connectivity index (χ0n) is 9.84. The predicted molar refractivity (Wildman–Crippen MR) is 63.2 cm³/mol. The summed E-state index contributed by atoms with van der Waals surface area (Å²) < 4.78 is 43.3. The van der Waals surface area contributed by atoms with E-state index in [0.29, 0.717) is 18.9 Å². The van der Waals surface area contributed by atoms with Gasteiger partial charge in [-0.2, -0.15) is 0 Å². The van der Waals surface area contributed by atoms with Crippen molar-refractivity contribution < 1.29 is 27.6 Å². The third-order valence-corrected chi connectivity index (χ3v) is 4.36. The first-order valence-electron chi connectivity index (χ1n) is 5.69. The third kappa shape index (κ3) is 3.36. The smallest absolute Gasteiger partial charge is 0.332 e. The Morgan fingerprint density at radius 1 is 1.42 bits per heavy atom. The van der Waals surface area contributed by atoms with Crippen molar-refractivity contribution in [2.24, 2.45) is 0 Å². The molecule has 1 heterocycles. The summed E-state index contributed by atoms with van der Waals surface area (Å²) in [6.07, 6.45) is -0.555. The van der Waals surface area contributed by atoms with Gasteiger partial charge >= 0.3 is 5.97 Å². The van der Waals surface area contributed by atoms with Gasteiger partial charge in [-0.1, -0.05) is 0 Å². The molecule has 0 bridgehead atoms. The summed E-state index contributed by atoms with van der Waals surface area (Å²) in [5.74, 6) is -2.65. The van der Waals surface area contributed by atoms with Crippen molar-refractivity contribution in [2.75, 3.05) is 5.75 Å². The Kier molecular flexibility index (Phi) is 4.26. The van der Waals surface area contributed by atoms with Crippen LogP contribution in [0.15, 0.2) is 23.1 Å². The molecular weight excluding hydrogens is 278 g/mol. The van der Waals surface area contributed by atoms with Crippen molar-refractivity contribution in [3.05, 3.63) is 29.8 Å². The number of hydrogen-bond acceptors (Lipinski definition) is 3. The number of carbonyl (C=O) groups is 1. The van der Waals surface area contributed by atoms with E-state index < -0.39 is 40.6 Å². The van der Waals surface area contributed by atoms with E-state index in [2.05, 4.69) is 0 Å². The summed E-state index contributed by atoms with van der Waals surface area (Å²) in [5.41, 5.74) is 0. The van der Waals surface area contributed by atoms with Crippen molar-refractivity contribution in [1.82, 2.24) is 0 Å². The maximum Gasteiger partial charge on any atom is 0.332 e. The fourth-order valence-corrected chi connectivity index (χ4v) is 3.19. The van der Waals surface area contributed by atoms with Crippen LogP contribution in [0.25, 0.3) is 0 Å². The van der Waals surface area contributed by atoms with E-state index in [0.717, 1.165) is 12.1 Å². The second-order valence-corrected chi connectivity index (χ2v) is 5.71. The van der Waals surface area contributed by atoms with E-state index in [-0.39, 0.29) is 10.6 Å². The Morgan fingerprint density at radius 2 is 2.16 bits per heavy atom. The second kappa shape index (κ2) is 5.75. The minimum atomic E-state index is -1.68. The molecule has 19 heavy (non-hydrogen) atoms. The van der Waals surface area contributed by atoms with Crippen LogP contribution in [0.5, 0.6) is 0 Å². The zero-order valence-corrected chi connectivity index (χ0v) is 10.7. The maximum absolute atomic E-state index is 13.4. The highest BCUT2D eigenvalue weighted by Crippen LogP contribution is 2.23. The van der Waals surface area contributed by atoms with Crippen LogP contribution in [0, 0.1) is 11.6 Å². The van der Waals surface area contributed by atoms with Gasteiger partial charge in [-0.3, -0.25) is 4.21 Å². The summed E-state index contributed by atoms with van der Waals surface area (Å²) >= 11 is 0. The van der Waals surface area contributed by atoms with E-state index in [9.17, 15) is 17.8 Å². The molecule has 0 spiro atoms. The normalized spacial score (nSPS) is 24.3. The van der Waals surface area contributed by atoms with E-state index in [4.69, 9.17) is 9.84 Å². The second-order valence-electron chi connectivity index (χ2n) is 4.25. The van der Waals surface area contributed by atoms with Crippen molar-refractivity contribution in [3.8, 4) is 0 Å². The first kappa shape index (κ1) is 14.1. The van der Waals surface area contributed by atoms with Crippen LogP contribution in [-0.4, -0.2) is 33.2 Å². The molecule has 1 saturated heterocycles. The molecule has 1 N–H and O–H groups in total. The molecular formula is C12H12F2O4S. The standard InChI is InChI=1S/C12H12F2O4S/c13-7-1-4-11(9(14)5-7)19(17)6-8-2-3-10(18-8)12(15)16/h1,4-5,8,10H,2-3,6H2,(H,15,16). The third-order valence-electron chi connectivity index (χ3n) is 2.86. The first-order valence-corrected chi connectivity index (χ1v) is 7.01. The lowest BCUT2D eigenvalue weighted by Crippen LogP contribution is -2.23. The lowest BCUT2D eigenvalue weighted by atomic mass is 10.2. The van der Waals surface area contributed by atoms with Gasteiger partial charge in [0.05, 0.1) is 27.6 Å². The highest BCUT2D eigenvalue weighted by Gasteiger charge is 2.31. The fourth-order valence-electron chi connectivity index (χ4n) is 1.93. The number of halogens is 2. The topological polar surface area (TPSA) is 63.6 Å². The molecule has 1 aliphatic heterocycles. The van der Waals surface area contributed by atoms with Gasteiger partial charge in [0, 0.05) is 6.07 Å². The molecule has 0 aromatic heterocycles. The lowest BCUT2D eigenvalue weighted by molar-refractivity contribution is -0.148. The molecule has 3 unspecified atom stereocenters.